The van der Waals surface area contributed by atoms with Crippen molar-refractivity contribution in [3.63, 3.8) is 0 Å². The fourth-order valence-corrected chi connectivity index (χ4v) is 0.644. The van der Waals surface area contributed by atoms with E-state index in [1.54, 1.807) is 0 Å². The summed E-state index contributed by atoms with van der Waals surface area (Å²) in [6, 6.07) is 0. The first-order valence-corrected chi connectivity index (χ1v) is 3.59. The van der Waals surface area contributed by atoms with Crippen molar-refractivity contribution >= 4 is 6.72 Å². The van der Waals surface area contributed by atoms with Gasteiger partial charge in [-0.25, -0.2) is 4.58 Å². The number of nitrogens with zero attached hydrogens (tertiary/aromatic N) is 1. The molecule has 0 rings (SSSR count). The second kappa shape index (κ2) is 5.03. The summed E-state index contributed by atoms with van der Waals surface area (Å²) >= 11 is 0. The molecule has 0 atom stereocenters. The SMILES string of the molecule is C=[N+](C)C/C=C(/C)NCC. The molecule has 0 aromatic carbocycles. The highest BCUT2D eigenvalue weighted by Crippen LogP contribution is 1.83. The first-order chi connectivity index (χ1) is 4.66. The van der Waals surface area contributed by atoms with Crippen molar-refractivity contribution < 1.29 is 4.58 Å². The maximum Gasteiger partial charge on any atom is 0.162 e. The molecule has 2 nitrogen and oxygen atoms in total. The van der Waals surface area contributed by atoms with Crippen LogP contribution in [0, 0.1) is 0 Å². The highest BCUT2D eigenvalue weighted by Gasteiger charge is 1.87. The van der Waals surface area contributed by atoms with Crippen LogP contribution in [0.2, 0.25) is 0 Å². The van der Waals surface area contributed by atoms with Crippen LogP contribution in [0.4, 0.5) is 0 Å². The zero-order valence-electron chi connectivity index (χ0n) is 7.15. The molecule has 0 saturated carbocycles. The molecule has 0 bridgehead atoms. The molecule has 0 aliphatic rings. The topological polar surface area (TPSA) is 15.0 Å². The summed E-state index contributed by atoms with van der Waals surface area (Å²) in [7, 11) is 1.95. The number of hydrogen-bond acceptors (Lipinski definition) is 1. The minimum atomic E-state index is 0.902. The van der Waals surface area contributed by atoms with Gasteiger partial charge in [-0.1, -0.05) is 0 Å². The smallest absolute Gasteiger partial charge is 0.162 e. The molecule has 0 amide bonds. The predicted molar refractivity (Wildman–Crippen MR) is 45.6 cm³/mol. The van der Waals surface area contributed by atoms with Crippen LogP contribution in [0.1, 0.15) is 13.8 Å². The van der Waals surface area contributed by atoms with Crippen LogP contribution in [0.25, 0.3) is 0 Å². The number of likely N-dealkylation sites (N-methyl/N-ethyl adjacent to an activating group) is 1. The summed E-state index contributed by atoms with van der Waals surface area (Å²) in [6.07, 6.45) is 2.12. The molecular weight excluding hydrogens is 124 g/mol. The second-order valence-electron chi connectivity index (χ2n) is 2.46. The van der Waals surface area contributed by atoms with Crippen LogP contribution in [-0.2, 0) is 0 Å². The van der Waals surface area contributed by atoms with Gasteiger partial charge >= 0.3 is 0 Å². The molecule has 0 aromatic heterocycles. The Morgan fingerprint density at radius 1 is 1.70 bits per heavy atom. The number of allylic oxidation sites excluding steroid dienone is 1. The molecule has 0 saturated heterocycles. The molecular formula is C8H17N2+. The lowest BCUT2D eigenvalue weighted by atomic mass is 10.4. The molecule has 0 aliphatic carbocycles. The van der Waals surface area contributed by atoms with Crippen molar-refractivity contribution in [2.75, 3.05) is 20.1 Å². The van der Waals surface area contributed by atoms with Gasteiger partial charge in [-0.3, -0.25) is 0 Å². The Kier molecular flexibility index (Phi) is 4.63. The first kappa shape index (κ1) is 9.21. The Labute approximate surface area is 63.3 Å². The fraction of sp³-hybridized carbons (Fsp3) is 0.625. The molecule has 0 heterocycles. The minimum absolute atomic E-state index is 0.902. The largest absolute Gasteiger partial charge is 0.389 e. The van der Waals surface area contributed by atoms with Crippen LogP contribution in [0.5, 0.6) is 0 Å². The zero-order chi connectivity index (χ0) is 7.98. The summed E-state index contributed by atoms with van der Waals surface area (Å²) < 4.78 is 1.89. The van der Waals surface area contributed by atoms with Crippen LogP contribution >= 0.6 is 0 Å². The summed E-state index contributed by atoms with van der Waals surface area (Å²) in [6.45, 7) is 9.77. The van der Waals surface area contributed by atoms with Gasteiger partial charge in [0.25, 0.3) is 0 Å². The van der Waals surface area contributed by atoms with Gasteiger partial charge in [0.15, 0.2) is 6.54 Å². The van der Waals surface area contributed by atoms with E-state index in [1.807, 2.05) is 11.6 Å². The van der Waals surface area contributed by atoms with Gasteiger partial charge in [0.05, 0.1) is 0 Å². The number of hydrogen-bond donors (Lipinski definition) is 1. The molecule has 10 heavy (non-hydrogen) atoms. The maximum absolute atomic E-state index is 3.73. The van der Waals surface area contributed by atoms with E-state index >= 15 is 0 Å². The Morgan fingerprint density at radius 2 is 2.30 bits per heavy atom. The Morgan fingerprint density at radius 3 is 2.70 bits per heavy atom. The standard InChI is InChI=1S/C8H17N2/c1-5-9-8(2)6-7-10(3)4/h6,9H,3,5,7H2,1-2,4H3/q+1/b8-6-. The predicted octanol–water partition coefficient (Wildman–Crippen LogP) is 0.843. The highest BCUT2D eigenvalue weighted by molar-refractivity contribution is 5.14. The summed E-state index contributed by atoms with van der Waals surface area (Å²) in [5.74, 6) is 0. The molecule has 0 unspecified atom stereocenters. The maximum atomic E-state index is 3.73. The van der Waals surface area contributed by atoms with E-state index in [0.29, 0.717) is 0 Å². The Bertz CT molecular complexity index is 136. The molecule has 0 spiro atoms. The molecule has 1 N–H and O–H groups in total. The van der Waals surface area contributed by atoms with E-state index in [9.17, 15) is 0 Å². The summed E-state index contributed by atoms with van der Waals surface area (Å²) in [5, 5.41) is 3.21. The van der Waals surface area contributed by atoms with Crippen LogP contribution < -0.4 is 5.32 Å². The zero-order valence-corrected chi connectivity index (χ0v) is 7.15. The third kappa shape index (κ3) is 5.35. The van der Waals surface area contributed by atoms with Gasteiger partial charge in [0.1, 0.15) is 13.8 Å². The average Bonchev–Trinajstić information content (AvgIpc) is 1.85. The molecule has 0 aromatic rings. The van der Waals surface area contributed by atoms with Crippen LogP contribution in [0.15, 0.2) is 11.8 Å². The van der Waals surface area contributed by atoms with Gasteiger partial charge in [-0.05, 0) is 19.9 Å². The van der Waals surface area contributed by atoms with Gasteiger partial charge < -0.3 is 5.32 Å². The normalized spacial score (nSPS) is 11.3. The van der Waals surface area contributed by atoms with Crippen LogP contribution in [-0.4, -0.2) is 31.4 Å². The van der Waals surface area contributed by atoms with Crippen molar-refractivity contribution in [3.05, 3.63) is 11.8 Å². The van der Waals surface area contributed by atoms with Crippen LogP contribution in [0.3, 0.4) is 0 Å². The second-order valence-corrected chi connectivity index (χ2v) is 2.46. The average molecular weight is 141 g/mol. The minimum Gasteiger partial charge on any atom is -0.389 e. The summed E-state index contributed by atoms with van der Waals surface area (Å²) in [5.41, 5.74) is 1.22. The van der Waals surface area contributed by atoms with Crippen molar-refractivity contribution in [2.24, 2.45) is 0 Å². The molecule has 0 radical (unpaired) electrons. The summed E-state index contributed by atoms with van der Waals surface area (Å²) in [4.78, 5) is 0. The number of rotatable bonds is 4. The molecule has 0 aliphatic heterocycles. The Balaban J connectivity index is 3.57. The lowest BCUT2D eigenvalue weighted by Crippen LogP contribution is -2.11. The quantitative estimate of drug-likeness (QED) is 0.453. The highest BCUT2D eigenvalue weighted by atomic mass is 14.9. The third-order valence-electron chi connectivity index (χ3n) is 1.16. The van der Waals surface area contributed by atoms with E-state index in [0.717, 1.165) is 13.1 Å². The van der Waals surface area contributed by atoms with Crippen molar-refractivity contribution in [1.29, 1.82) is 0 Å². The van der Waals surface area contributed by atoms with Gasteiger partial charge in [0.2, 0.25) is 0 Å². The van der Waals surface area contributed by atoms with Gasteiger partial charge in [0, 0.05) is 12.2 Å². The fourth-order valence-electron chi connectivity index (χ4n) is 0.644. The molecule has 0 fully saturated rings. The van der Waals surface area contributed by atoms with Gasteiger partial charge in [-0.15, -0.1) is 0 Å². The lowest BCUT2D eigenvalue weighted by molar-refractivity contribution is -0.477. The molecule has 2 heteroatoms. The van der Waals surface area contributed by atoms with E-state index in [1.165, 1.54) is 5.70 Å². The molecule has 58 valence electrons. The lowest BCUT2D eigenvalue weighted by Gasteiger charge is -1.99. The van der Waals surface area contributed by atoms with E-state index in [-0.39, 0.29) is 0 Å². The monoisotopic (exact) mass is 141 g/mol. The third-order valence-corrected chi connectivity index (χ3v) is 1.16. The van der Waals surface area contributed by atoms with Crippen molar-refractivity contribution in [1.82, 2.24) is 5.32 Å². The Hall–Kier alpha value is -0.790. The van der Waals surface area contributed by atoms with Crippen molar-refractivity contribution in [2.45, 2.75) is 13.8 Å². The van der Waals surface area contributed by atoms with E-state index in [4.69, 9.17) is 0 Å². The van der Waals surface area contributed by atoms with Crippen molar-refractivity contribution in [3.8, 4) is 0 Å². The van der Waals surface area contributed by atoms with E-state index in [2.05, 4.69) is 32.0 Å². The van der Waals surface area contributed by atoms with Gasteiger partial charge in [-0.2, -0.15) is 0 Å². The first-order valence-electron chi connectivity index (χ1n) is 3.59. The van der Waals surface area contributed by atoms with E-state index < -0.39 is 0 Å². The number of nitrogens with one attached hydrogen (secondary N) is 1.